The largest absolute Gasteiger partial charge is 0.507 e. The van der Waals surface area contributed by atoms with Crippen LogP contribution in [0.2, 0.25) is 0 Å². The third kappa shape index (κ3) is 6.86. The van der Waals surface area contributed by atoms with Crippen LogP contribution in [0.4, 0.5) is 5.69 Å². The van der Waals surface area contributed by atoms with Crippen LogP contribution in [-0.2, 0) is 5.41 Å². The van der Waals surface area contributed by atoms with Gasteiger partial charge in [0.15, 0.2) is 0 Å². The Bertz CT molecular complexity index is 2730. The molecule has 1 heterocycles. The standard InChI is InChI=1S/C47H34IN3OS/c1-47(2,3)41-26-36(48)23-35(45(41)52)28-50-42-14-7-6-12-39(42)46-51-44-40(38-13-8-10-33-9-4-5-11-37(33)38)24-34(25-43(44)53-46)32-21-19-31(20-22-32)30-17-15-29(27-49)16-18-30/h4-26,28,52H,1-3H3. The molecule has 0 aliphatic heterocycles. The first-order valence-electron chi connectivity index (χ1n) is 17.4. The summed E-state index contributed by atoms with van der Waals surface area (Å²) in [5.41, 5.74) is 11.3. The van der Waals surface area contributed by atoms with Crippen LogP contribution in [0.15, 0.2) is 145 Å². The van der Waals surface area contributed by atoms with E-state index < -0.39 is 0 Å². The number of rotatable bonds is 6. The molecular weight excluding hydrogens is 782 g/mol. The van der Waals surface area contributed by atoms with Gasteiger partial charge in [0.05, 0.1) is 27.5 Å². The van der Waals surface area contributed by atoms with Crippen LogP contribution in [0.5, 0.6) is 5.75 Å². The number of benzene rings is 7. The summed E-state index contributed by atoms with van der Waals surface area (Å²) in [5, 5.41) is 23.7. The molecule has 0 radical (unpaired) electrons. The summed E-state index contributed by atoms with van der Waals surface area (Å²) in [5.74, 6) is 0.260. The Morgan fingerprint density at radius 3 is 2.09 bits per heavy atom. The fraction of sp³-hybridized carbons (Fsp3) is 0.0851. The van der Waals surface area contributed by atoms with Gasteiger partial charge in [-0.1, -0.05) is 112 Å². The molecule has 256 valence electrons. The summed E-state index contributed by atoms with van der Waals surface area (Å²) >= 11 is 3.96. The fourth-order valence-corrected chi connectivity index (χ4v) is 8.48. The molecule has 1 aromatic heterocycles. The number of thiazole rings is 1. The first kappa shape index (κ1) is 34.5. The highest BCUT2D eigenvalue weighted by Crippen LogP contribution is 2.43. The van der Waals surface area contributed by atoms with Gasteiger partial charge in [0.25, 0.3) is 0 Å². The SMILES string of the molecule is CC(C)(C)c1cc(I)cc(C=Nc2ccccc2-c2nc3c(-c4cccc5ccccc45)cc(-c4ccc(-c5ccc(C#N)cc5)cc4)cc3s2)c1O. The number of halogens is 1. The minimum Gasteiger partial charge on any atom is -0.507 e. The number of aliphatic imine (C=N–C) groups is 1. The highest BCUT2D eigenvalue weighted by atomic mass is 127. The Morgan fingerprint density at radius 2 is 1.36 bits per heavy atom. The molecule has 0 saturated carbocycles. The van der Waals surface area contributed by atoms with E-state index in [0.717, 1.165) is 69.0 Å². The van der Waals surface area contributed by atoms with Gasteiger partial charge in [0.2, 0.25) is 0 Å². The van der Waals surface area contributed by atoms with Crippen LogP contribution < -0.4 is 0 Å². The van der Waals surface area contributed by atoms with Gasteiger partial charge in [-0.25, -0.2) is 4.98 Å². The third-order valence-electron chi connectivity index (χ3n) is 9.53. The van der Waals surface area contributed by atoms with Crippen molar-refractivity contribution in [3.8, 4) is 55.8 Å². The minimum absolute atomic E-state index is 0.208. The van der Waals surface area contributed by atoms with E-state index in [1.807, 2.05) is 54.6 Å². The quantitative estimate of drug-likeness (QED) is 0.134. The number of fused-ring (bicyclic) bond motifs is 2. The van der Waals surface area contributed by atoms with Gasteiger partial charge < -0.3 is 5.11 Å². The second kappa shape index (κ2) is 14.1. The molecule has 0 unspecified atom stereocenters. The molecule has 0 atom stereocenters. The number of hydrogen-bond donors (Lipinski definition) is 1. The smallest absolute Gasteiger partial charge is 0.128 e. The van der Waals surface area contributed by atoms with Crippen molar-refractivity contribution in [1.29, 1.82) is 5.26 Å². The number of aromatic nitrogens is 1. The minimum atomic E-state index is -0.208. The van der Waals surface area contributed by atoms with Gasteiger partial charge in [-0.05, 0) is 115 Å². The van der Waals surface area contributed by atoms with Crippen molar-refractivity contribution in [3.05, 3.63) is 160 Å². The van der Waals surface area contributed by atoms with E-state index in [1.54, 1.807) is 17.6 Å². The van der Waals surface area contributed by atoms with Crippen molar-refractivity contribution in [2.75, 3.05) is 0 Å². The van der Waals surface area contributed by atoms with Crippen molar-refractivity contribution in [2.45, 2.75) is 26.2 Å². The van der Waals surface area contributed by atoms with Gasteiger partial charge >= 0.3 is 0 Å². The van der Waals surface area contributed by atoms with Crippen LogP contribution in [0.3, 0.4) is 0 Å². The van der Waals surface area contributed by atoms with Crippen LogP contribution >= 0.6 is 33.9 Å². The molecule has 0 aliphatic rings. The summed E-state index contributed by atoms with van der Waals surface area (Å²) in [6.07, 6.45) is 1.76. The molecular formula is C47H34IN3OS. The van der Waals surface area contributed by atoms with Crippen LogP contribution in [-0.4, -0.2) is 16.3 Å². The van der Waals surface area contributed by atoms with Crippen LogP contribution in [0.25, 0.3) is 64.9 Å². The highest BCUT2D eigenvalue weighted by molar-refractivity contribution is 14.1. The molecule has 0 aliphatic carbocycles. The molecule has 1 N–H and O–H groups in total. The van der Waals surface area contributed by atoms with Crippen molar-refractivity contribution in [2.24, 2.45) is 4.99 Å². The van der Waals surface area contributed by atoms with E-state index in [9.17, 15) is 10.4 Å². The molecule has 8 rings (SSSR count). The maximum absolute atomic E-state index is 11.2. The van der Waals surface area contributed by atoms with E-state index in [0.29, 0.717) is 11.1 Å². The van der Waals surface area contributed by atoms with Crippen LogP contribution in [0, 0.1) is 14.9 Å². The molecule has 0 saturated heterocycles. The van der Waals surface area contributed by atoms with Crippen LogP contribution in [0.1, 0.15) is 37.5 Å². The molecule has 8 aromatic rings. The van der Waals surface area contributed by atoms with Crippen molar-refractivity contribution in [1.82, 2.24) is 4.98 Å². The van der Waals surface area contributed by atoms with E-state index in [2.05, 4.69) is 134 Å². The zero-order valence-corrected chi connectivity index (χ0v) is 32.4. The number of phenols is 1. The third-order valence-corrected chi connectivity index (χ3v) is 11.2. The molecule has 0 bridgehead atoms. The Balaban J connectivity index is 1.25. The number of hydrogen-bond acceptors (Lipinski definition) is 5. The summed E-state index contributed by atoms with van der Waals surface area (Å²) in [6, 6.07) is 50.0. The normalized spacial score (nSPS) is 11.8. The maximum Gasteiger partial charge on any atom is 0.128 e. The number of nitrogens with zero attached hydrogens (tertiary/aromatic N) is 3. The fourth-order valence-electron chi connectivity index (χ4n) is 6.77. The van der Waals surface area contributed by atoms with E-state index in [4.69, 9.17) is 9.98 Å². The van der Waals surface area contributed by atoms with Crippen molar-refractivity contribution in [3.63, 3.8) is 0 Å². The molecule has 0 amide bonds. The second-order valence-corrected chi connectivity index (χ2v) is 16.4. The van der Waals surface area contributed by atoms with Gasteiger partial charge in [-0.3, -0.25) is 4.99 Å². The lowest BCUT2D eigenvalue weighted by Gasteiger charge is -2.21. The van der Waals surface area contributed by atoms with Gasteiger partial charge in [-0.15, -0.1) is 11.3 Å². The van der Waals surface area contributed by atoms with Gasteiger partial charge in [-0.2, -0.15) is 5.26 Å². The first-order valence-corrected chi connectivity index (χ1v) is 19.3. The summed E-state index contributed by atoms with van der Waals surface area (Å²) in [6.45, 7) is 6.31. The molecule has 4 nitrogen and oxygen atoms in total. The van der Waals surface area contributed by atoms with Crippen molar-refractivity contribution < 1.29 is 5.11 Å². The van der Waals surface area contributed by atoms with Gasteiger partial charge in [0.1, 0.15) is 10.8 Å². The van der Waals surface area contributed by atoms with E-state index in [1.165, 1.54) is 10.8 Å². The number of aromatic hydroxyl groups is 1. The van der Waals surface area contributed by atoms with Crippen molar-refractivity contribution >= 4 is 66.8 Å². The second-order valence-electron chi connectivity index (χ2n) is 14.1. The highest BCUT2D eigenvalue weighted by Gasteiger charge is 2.21. The zero-order chi connectivity index (χ0) is 36.7. The monoisotopic (exact) mass is 815 g/mol. The first-order chi connectivity index (χ1) is 25.7. The van der Waals surface area contributed by atoms with E-state index in [-0.39, 0.29) is 11.2 Å². The van der Waals surface area contributed by atoms with Gasteiger partial charge in [0, 0.05) is 32.0 Å². The average Bonchev–Trinajstić information content (AvgIpc) is 3.61. The lowest BCUT2D eigenvalue weighted by atomic mass is 9.85. The zero-order valence-electron chi connectivity index (χ0n) is 29.4. The molecule has 7 aromatic carbocycles. The Kier molecular flexibility index (Phi) is 9.15. The average molecular weight is 816 g/mol. The predicted octanol–water partition coefficient (Wildman–Crippen LogP) is 13.3. The Labute approximate surface area is 326 Å². The summed E-state index contributed by atoms with van der Waals surface area (Å²) in [4.78, 5) is 10.3. The maximum atomic E-state index is 11.2. The molecule has 0 fully saturated rings. The molecule has 0 spiro atoms. The lowest BCUT2D eigenvalue weighted by Crippen LogP contribution is -2.12. The number of para-hydroxylation sites is 1. The molecule has 6 heteroatoms. The topological polar surface area (TPSA) is 69.3 Å². The lowest BCUT2D eigenvalue weighted by molar-refractivity contribution is 0.445. The summed E-state index contributed by atoms with van der Waals surface area (Å²) < 4.78 is 2.13. The van der Waals surface area contributed by atoms with E-state index >= 15 is 0 Å². The molecule has 53 heavy (non-hydrogen) atoms. The predicted molar refractivity (Wildman–Crippen MR) is 230 cm³/mol. The Hall–Kier alpha value is -5.62. The summed E-state index contributed by atoms with van der Waals surface area (Å²) in [7, 11) is 0. The number of phenolic OH excluding ortho intramolecular Hbond substituents is 1. The Morgan fingerprint density at radius 1 is 0.717 bits per heavy atom. The number of nitriles is 1.